The summed E-state index contributed by atoms with van der Waals surface area (Å²) in [6, 6.07) is 16.3. The third-order valence-electron chi connectivity index (χ3n) is 3.87. The van der Waals surface area contributed by atoms with Gasteiger partial charge in [-0.25, -0.2) is 13.1 Å². The van der Waals surface area contributed by atoms with Crippen LogP contribution in [-0.2, 0) is 16.6 Å². The van der Waals surface area contributed by atoms with E-state index in [1.54, 1.807) is 30.5 Å². The van der Waals surface area contributed by atoms with Crippen molar-refractivity contribution in [2.45, 2.75) is 11.4 Å². The molecule has 2 N–H and O–H groups in total. The smallest absolute Gasteiger partial charge is 0.240 e. The number of rotatable bonds is 5. The van der Waals surface area contributed by atoms with E-state index in [1.165, 1.54) is 7.05 Å². The standard InChI is InChI=1S/C18H16N4O2S/c1-20-25(23,24)15-8-6-13(7-9-15)11-22-18-14(10-19)12-21-17-5-3-2-4-16(17)18/h2-9,12,20H,11H2,1H3,(H,21,22). The van der Waals surface area contributed by atoms with Gasteiger partial charge in [0, 0.05) is 18.1 Å². The summed E-state index contributed by atoms with van der Waals surface area (Å²) in [6.45, 7) is 0.461. The summed E-state index contributed by atoms with van der Waals surface area (Å²) in [7, 11) is -2.07. The lowest BCUT2D eigenvalue weighted by Crippen LogP contribution is -2.18. The zero-order valence-electron chi connectivity index (χ0n) is 13.5. The SMILES string of the molecule is CNS(=O)(=O)c1ccc(CNc2c(C#N)cnc3ccccc23)cc1. The molecule has 0 aliphatic rings. The number of pyridine rings is 1. The predicted octanol–water partition coefficient (Wildman–Crippen LogP) is 2.63. The molecule has 7 heteroatoms. The topological polar surface area (TPSA) is 94.9 Å². The van der Waals surface area contributed by atoms with E-state index in [4.69, 9.17) is 0 Å². The van der Waals surface area contributed by atoms with E-state index in [0.29, 0.717) is 12.1 Å². The summed E-state index contributed by atoms with van der Waals surface area (Å²) in [6.07, 6.45) is 1.55. The fourth-order valence-corrected chi connectivity index (χ4v) is 3.24. The Bertz CT molecular complexity index is 1050. The van der Waals surface area contributed by atoms with E-state index in [1.807, 2.05) is 24.3 Å². The summed E-state index contributed by atoms with van der Waals surface area (Å²) in [5.74, 6) is 0. The number of sulfonamides is 1. The maximum absolute atomic E-state index is 11.8. The number of hydrogen-bond acceptors (Lipinski definition) is 5. The predicted molar refractivity (Wildman–Crippen MR) is 96.5 cm³/mol. The minimum atomic E-state index is -3.44. The summed E-state index contributed by atoms with van der Waals surface area (Å²) >= 11 is 0. The van der Waals surface area contributed by atoms with E-state index in [0.717, 1.165) is 22.2 Å². The number of fused-ring (bicyclic) bond motifs is 1. The molecular formula is C18H16N4O2S. The van der Waals surface area contributed by atoms with Crippen LogP contribution in [0.3, 0.4) is 0 Å². The Hall–Kier alpha value is -2.95. The van der Waals surface area contributed by atoms with Crippen molar-refractivity contribution in [1.82, 2.24) is 9.71 Å². The van der Waals surface area contributed by atoms with Crippen LogP contribution in [0.1, 0.15) is 11.1 Å². The van der Waals surface area contributed by atoms with Gasteiger partial charge < -0.3 is 5.32 Å². The quantitative estimate of drug-likeness (QED) is 0.736. The van der Waals surface area contributed by atoms with Crippen LogP contribution < -0.4 is 10.0 Å². The van der Waals surface area contributed by atoms with Gasteiger partial charge in [0.2, 0.25) is 10.0 Å². The molecule has 3 aromatic rings. The van der Waals surface area contributed by atoms with Gasteiger partial charge in [0.15, 0.2) is 0 Å². The van der Waals surface area contributed by atoms with Gasteiger partial charge in [-0.15, -0.1) is 0 Å². The first-order valence-electron chi connectivity index (χ1n) is 7.59. The van der Waals surface area contributed by atoms with Gasteiger partial charge in [-0.05, 0) is 30.8 Å². The van der Waals surface area contributed by atoms with Crippen LogP contribution in [0.4, 0.5) is 5.69 Å². The van der Waals surface area contributed by atoms with Crippen LogP contribution in [-0.4, -0.2) is 20.4 Å². The molecule has 126 valence electrons. The van der Waals surface area contributed by atoms with Crippen LogP contribution in [0.2, 0.25) is 0 Å². The molecule has 0 aliphatic carbocycles. The van der Waals surface area contributed by atoms with Gasteiger partial charge in [0.05, 0.1) is 21.7 Å². The number of nitrogens with one attached hydrogen (secondary N) is 2. The molecule has 0 spiro atoms. The molecule has 2 aromatic carbocycles. The lowest BCUT2D eigenvalue weighted by atomic mass is 10.1. The van der Waals surface area contributed by atoms with E-state index in [2.05, 4.69) is 21.1 Å². The molecule has 0 fully saturated rings. The lowest BCUT2D eigenvalue weighted by Gasteiger charge is -2.12. The first kappa shape index (κ1) is 16.9. The molecule has 1 heterocycles. The highest BCUT2D eigenvalue weighted by Crippen LogP contribution is 2.26. The van der Waals surface area contributed by atoms with E-state index in [9.17, 15) is 13.7 Å². The number of nitriles is 1. The number of nitrogens with zero attached hydrogens (tertiary/aromatic N) is 2. The monoisotopic (exact) mass is 352 g/mol. The molecule has 0 bridgehead atoms. The van der Waals surface area contributed by atoms with Gasteiger partial charge in [-0.2, -0.15) is 5.26 Å². The van der Waals surface area contributed by atoms with Gasteiger partial charge in [-0.3, -0.25) is 4.98 Å². The zero-order valence-corrected chi connectivity index (χ0v) is 14.3. The maximum Gasteiger partial charge on any atom is 0.240 e. The molecule has 0 atom stereocenters. The summed E-state index contributed by atoms with van der Waals surface area (Å²) < 4.78 is 25.8. The first-order valence-corrected chi connectivity index (χ1v) is 9.07. The molecule has 25 heavy (non-hydrogen) atoms. The third-order valence-corrected chi connectivity index (χ3v) is 5.30. The lowest BCUT2D eigenvalue weighted by molar-refractivity contribution is 0.588. The summed E-state index contributed by atoms with van der Waals surface area (Å²) in [5.41, 5.74) is 2.90. The highest BCUT2D eigenvalue weighted by molar-refractivity contribution is 7.89. The Kier molecular flexibility index (Phi) is 4.65. The number of anilines is 1. The normalized spacial score (nSPS) is 11.2. The minimum absolute atomic E-state index is 0.214. The molecule has 0 aliphatic heterocycles. The minimum Gasteiger partial charge on any atom is -0.379 e. The van der Waals surface area contributed by atoms with Crippen molar-refractivity contribution in [2.24, 2.45) is 0 Å². The van der Waals surface area contributed by atoms with E-state index >= 15 is 0 Å². The van der Waals surface area contributed by atoms with Crippen molar-refractivity contribution in [3.05, 3.63) is 65.9 Å². The number of hydrogen-bond donors (Lipinski definition) is 2. The van der Waals surface area contributed by atoms with Crippen molar-refractivity contribution >= 4 is 26.6 Å². The zero-order chi connectivity index (χ0) is 17.9. The highest BCUT2D eigenvalue weighted by Gasteiger charge is 2.11. The second-order valence-corrected chi connectivity index (χ2v) is 7.27. The van der Waals surface area contributed by atoms with E-state index < -0.39 is 10.0 Å². The van der Waals surface area contributed by atoms with Crippen LogP contribution >= 0.6 is 0 Å². The number of benzene rings is 2. The van der Waals surface area contributed by atoms with Crippen molar-refractivity contribution < 1.29 is 8.42 Å². The Morgan fingerprint density at radius 2 is 1.84 bits per heavy atom. The molecule has 0 unspecified atom stereocenters. The van der Waals surface area contributed by atoms with Crippen LogP contribution in [0.5, 0.6) is 0 Å². The Balaban J connectivity index is 1.87. The summed E-state index contributed by atoms with van der Waals surface area (Å²) in [5, 5.41) is 13.5. The van der Waals surface area contributed by atoms with Crippen molar-refractivity contribution in [2.75, 3.05) is 12.4 Å². The molecule has 3 rings (SSSR count). The molecule has 0 amide bonds. The Morgan fingerprint density at radius 1 is 1.12 bits per heavy atom. The second kappa shape index (κ2) is 6.89. The second-order valence-electron chi connectivity index (χ2n) is 5.38. The van der Waals surface area contributed by atoms with Crippen molar-refractivity contribution in [3.63, 3.8) is 0 Å². The molecule has 1 aromatic heterocycles. The summed E-state index contributed by atoms with van der Waals surface area (Å²) in [4.78, 5) is 4.49. The molecule has 0 radical (unpaired) electrons. The number of para-hydroxylation sites is 1. The van der Waals surface area contributed by atoms with Gasteiger partial charge >= 0.3 is 0 Å². The average Bonchev–Trinajstić information content (AvgIpc) is 2.66. The van der Waals surface area contributed by atoms with Crippen LogP contribution in [0.15, 0.2) is 59.6 Å². The first-order chi connectivity index (χ1) is 12.0. The van der Waals surface area contributed by atoms with Crippen LogP contribution in [0, 0.1) is 11.3 Å². The third kappa shape index (κ3) is 3.45. The Morgan fingerprint density at radius 3 is 2.52 bits per heavy atom. The van der Waals surface area contributed by atoms with Gasteiger partial charge in [0.1, 0.15) is 6.07 Å². The van der Waals surface area contributed by atoms with E-state index in [-0.39, 0.29) is 4.90 Å². The number of aromatic nitrogens is 1. The van der Waals surface area contributed by atoms with Crippen molar-refractivity contribution in [1.29, 1.82) is 5.26 Å². The molecule has 6 nitrogen and oxygen atoms in total. The molecular weight excluding hydrogens is 336 g/mol. The Labute approximate surface area is 146 Å². The average molecular weight is 352 g/mol. The molecule has 0 saturated heterocycles. The van der Waals surface area contributed by atoms with Gasteiger partial charge in [0.25, 0.3) is 0 Å². The molecule has 0 saturated carbocycles. The maximum atomic E-state index is 11.8. The fourth-order valence-electron chi connectivity index (χ4n) is 2.51. The highest BCUT2D eigenvalue weighted by atomic mass is 32.2. The fraction of sp³-hybridized carbons (Fsp3) is 0.111. The van der Waals surface area contributed by atoms with Crippen LogP contribution in [0.25, 0.3) is 10.9 Å². The largest absolute Gasteiger partial charge is 0.379 e. The van der Waals surface area contributed by atoms with Gasteiger partial charge in [-0.1, -0.05) is 30.3 Å². The van der Waals surface area contributed by atoms with Crippen molar-refractivity contribution in [3.8, 4) is 6.07 Å².